The van der Waals surface area contributed by atoms with E-state index in [1.54, 1.807) is 12.1 Å². The Morgan fingerprint density at radius 2 is 2.00 bits per heavy atom. The zero-order valence-electron chi connectivity index (χ0n) is 7.23. The van der Waals surface area contributed by atoms with Gasteiger partial charge in [-0.05, 0) is 28.1 Å². The summed E-state index contributed by atoms with van der Waals surface area (Å²) in [5.41, 5.74) is 0. The summed E-state index contributed by atoms with van der Waals surface area (Å²) in [5, 5.41) is 0.0480. The molecular formula is C7H9BrN2O2S. The average Bonchev–Trinajstić information content (AvgIpc) is 2.04. The minimum Gasteiger partial charge on any atom is -0.228 e. The van der Waals surface area contributed by atoms with Crippen LogP contribution in [0.1, 0.15) is 0 Å². The maximum atomic E-state index is 11.5. The van der Waals surface area contributed by atoms with E-state index in [2.05, 4.69) is 20.9 Å². The van der Waals surface area contributed by atoms with E-state index in [4.69, 9.17) is 0 Å². The van der Waals surface area contributed by atoms with Gasteiger partial charge in [-0.25, -0.2) is 17.7 Å². The van der Waals surface area contributed by atoms with Gasteiger partial charge < -0.3 is 0 Å². The summed E-state index contributed by atoms with van der Waals surface area (Å²) in [6, 6.07) is 4.77. The van der Waals surface area contributed by atoms with Crippen molar-refractivity contribution < 1.29 is 8.42 Å². The molecule has 0 saturated heterocycles. The predicted octanol–water partition coefficient (Wildman–Crippen LogP) is 1.09. The van der Waals surface area contributed by atoms with E-state index < -0.39 is 10.0 Å². The first-order chi connectivity index (χ1) is 5.94. The molecule has 0 aliphatic carbocycles. The van der Waals surface area contributed by atoms with Crippen LogP contribution < -0.4 is 0 Å². The van der Waals surface area contributed by atoms with Gasteiger partial charge >= 0.3 is 0 Å². The molecule has 0 bridgehead atoms. The number of hydrogen-bond donors (Lipinski definition) is 0. The highest BCUT2D eigenvalue weighted by molar-refractivity contribution is 9.10. The maximum Gasteiger partial charge on any atom is 0.260 e. The van der Waals surface area contributed by atoms with Gasteiger partial charge in [0.1, 0.15) is 4.60 Å². The first-order valence-corrected chi connectivity index (χ1v) is 5.73. The molecule has 0 fully saturated rings. The molecule has 0 aromatic carbocycles. The number of nitrogens with zero attached hydrogens (tertiary/aromatic N) is 2. The van der Waals surface area contributed by atoms with Crippen LogP contribution in [-0.4, -0.2) is 31.8 Å². The average molecular weight is 265 g/mol. The number of aromatic nitrogens is 1. The van der Waals surface area contributed by atoms with E-state index in [0.29, 0.717) is 4.60 Å². The van der Waals surface area contributed by atoms with Crippen molar-refractivity contribution in [1.82, 2.24) is 9.29 Å². The van der Waals surface area contributed by atoms with Crippen LogP contribution in [0, 0.1) is 0 Å². The van der Waals surface area contributed by atoms with E-state index in [9.17, 15) is 8.42 Å². The number of hydrogen-bond acceptors (Lipinski definition) is 3. The molecule has 0 aliphatic rings. The Kier molecular flexibility index (Phi) is 3.05. The predicted molar refractivity (Wildman–Crippen MR) is 52.8 cm³/mol. The molecule has 0 unspecified atom stereocenters. The highest BCUT2D eigenvalue weighted by atomic mass is 79.9. The maximum absolute atomic E-state index is 11.5. The van der Waals surface area contributed by atoms with Gasteiger partial charge in [0.15, 0.2) is 5.03 Å². The molecule has 0 radical (unpaired) electrons. The Hall–Kier alpha value is -0.460. The molecule has 0 atom stereocenters. The molecule has 13 heavy (non-hydrogen) atoms. The normalized spacial score (nSPS) is 12.0. The summed E-state index contributed by atoms with van der Waals surface area (Å²) < 4.78 is 24.7. The molecule has 6 heteroatoms. The molecule has 0 spiro atoms. The quantitative estimate of drug-likeness (QED) is 0.752. The standard InChI is InChI=1S/C7H9BrN2O2S/c1-10(2)13(11,12)7-5-3-4-6(8)9-7/h3-5H,1-2H3. The third-order valence-corrected chi connectivity index (χ3v) is 3.59. The smallest absolute Gasteiger partial charge is 0.228 e. The van der Waals surface area contributed by atoms with Crippen LogP contribution in [0.25, 0.3) is 0 Å². The van der Waals surface area contributed by atoms with E-state index in [-0.39, 0.29) is 5.03 Å². The van der Waals surface area contributed by atoms with Gasteiger partial charge in [0.25, 0.3) is 10.0 Å². The second-order valence-electron chi connectivity index (χ2n) is 2.59. The van der Waals surface area contributed by atoms with Crippen LogP contribution >= 0.6 is 15.9 Å². The highest BCUT2D eigenvalue weighted by Crippen LogP contribution is 2.13. The molecule has 1 aromatic heterocycles. The van der Waals surface area contributed by atoms with Crippen molar-refractivity contribution in [2.75, 3.05) is 14.1 Å². The molecule has 0 amide bonds. The van der Waals surface area contributed by atoms with E-state index in [1.165, 1.54) is 20.2 Å². The van der Waals surface area contributed by atoms with Gasteiger partial charge in [0.2, 0.25) is 0 Å². The molecule has 1 rings (SSSR count). The topological polar surface area (TPSA) is 50.3 Å². The Morgan fingerprint density at radius 3 is 2.46 bits per heavy atom. The summed E-state index contributed by atoms with van der Waals surface area (Å²) in [7, 11) is -0.467. The summed E-state index contributed by atoms with van der Waals surface area (Å²) in [5.74, 6) is 0. The zero-order valence-corrected chi connectivity index (χ0v) is 9.63. The molecule has 0 N–H and O–H groups in total. The Balaban J connectivity index is 3.24. The Bertz CT molecular complexity index is 403. The number of pyridine rings is 1. The summed E-state index contributed by atoms with van der Waals surface area (Å²) >= 11 is 3.11. The van der Waals surface area contributed by atoms with Crippen LogP contribution in [0.4, 0.5) is 0 Å². The van der Waals surface area contributed by atoms with Gasteiger partial charge in [0.05, 0.1) is 0 Å². The lowest BCUT2D eigenvalue weighted by molar-refractivity contribution is 0.516. The summed E-state index contributed by atoms with van der Waals surface area (Å²) in [4.78, 5) is 3.85. The second-order valence-corrected chi connectivity index (χ2v) is 5.50. The van der Waals surface area contributed by atoms with Gasteiger partial charge in [-0.2, -0.15) is 0 Å². The third kappa shape index (κ3) is 2.26. The SMILES string of the molecule is CN(C)S(=O)(=O)c1cccc(Br)n1. The van der Waals surface area contributed by atoms with Crippen molar-refractivity contribution in [1.29, 1.82) is 0 Å². The molecule has 1 aromatic rings. The van der Waals surface area contributed by atoms with Gasteiger partial charge in [-0.15, -0.1) is 0 Å². The van der Waals surface area contributed by atoms with Crippen molar-refractivity contribution in [3.63, 3.8) is 0 Å². The van der Waals surface area contributed by atoms with Gasteiger partial charge in [-0.3, -0.25) is 0 Å². The van der Waals surface area contributed by atoms with Crippen LogP contribution in [0.15, 0.2) is 27.8 Å². The Labute approximate surface area is 85.8 Å². The first-order valence-electron chi connectivity index (χ1n) is 3.49. The molecule has 72 valence electrons. The fraction of sp³-hybridized carbons (Fsp3) is 0.286. The minimum absolute atomic E-state index is 0.0480. The number of rotatable bonds is 2. The van der Waals surface area contributed by atoms with Crippen molar-refractivity contribution in [2.45, 2.75) is 5.03 Å². The molecule has 0 saturated carbocycles. The lowest BCUT2D eigenvalue weighted by Crippen LogP contribution is -2.23. The van der Waals surface area contributed by atoms with E-state index >= 15 is 0 Å². The second kappa shape index (κ2) is 3.73. The Morgan fingerprint density at radius 1 is 1.38 bits per heavy atom. The lowest BCUT2D eigenvalue weighted by Gasteiger charge is -2.09. The fourth-order valence-electron chi connectivity index (χ4n) is 0.720. The van der Waals surface area contributed by atoms with E-state index in [0.717, 1.165) is 4.31 Å². The van der Waals surface area contributed by atoms with Gasteiger partial charge in [-0.1, -0.05) is 6.07 Å². The number of sulfonamides is 1. The zero-order chi connectivity index (χ0) is 10.1. The monoisotopic (exact) mass is 264 g/mol. The molecular weight excluding hydrogens is 256 g/mol. The minimum atomic E-state index is -3.41. The first kappa shape index (κ1) is 10.6. The van der Waals surface area contributed by atoms with Crippen molar-refractivity contribution >= 4 is 26.0 Å². The van der Waals surface area contributed by atoms with Crippen LogP contribution in [-0.2, 0) is 10.0 Å². The van der Waals surface area contributed by atoms with Crippen LogP contribution in [0.2, 0.25) is 0 Å². The van der Waals surface area contributed by atoms with Crippen LogP contribution in [0.5, 0.6) is 0 Å². The van der Waals surface area contributed by atoms with Crippen molar-refractivity contribution in [3.8, 4) is 0 Å². The van der Waals surface area contributed by atoms with Gasteiger partial charge in [0, 0.05) is 14.1 Å². The van der Waals surface area contributed by atoms with Crippen molar-refractivity contribution in [3.05, 3.63) is 22.8 Å². The fourth-order valence-corrected chi connectivity index (χ4v) is 2.02. The molecule has 1 heterocycles. The van der Waals surface area contributed by atoms with Crippen molar-refractivity contribution in [2.24, 2.45) is 0 Å². The highest BCUT2D eigenvalue weighted by Gasteiger charge is 2.18. The largest absolute Gasteiger partial charge is 0.260 e. The third-order valence-electron chi connectivity index (χ3n) is 1.43. The van der Waals surface area contributed by atoms with Crippen LogP contribution in [0.3, 0.4) is 0 Å². The summed E-state index contributed by atoms with van der Waals surface area (Å²) in [6.07, 6.45) is 0. The lowest BCUT2D eigenvalue weighted by atomic mass is 10.5. The summed E-state index contributed by atoms with van der Waals surface area (Å²) in [6.45, 7) is 0. The molecule has 4 nitrogen and oxygen atoms in total. The molecule has 0 aliphatic heterocycles. The number of halogens is 1. The van der Waals surface area contributed by atoms with E-state index in [1.807, 2.05) is 0 Å².